The number of methoxy groups -OCH3 is 3. The number of ether oxygens (including phenoxy) is 3. The average Bonchev–Trinajstić information content (AvgIpc) is 3.39. The zero-order valence-corrected chi connectivity index (χ0v) is 21.1. The number of ketones is 1. The molecule has 1 aliphatic rings. The van der Waals surface area contributed by atoms with E-state index < -0.39 is 23.7 Å². The van der Waals surface area contributed by atoms with Crippen molar-refractivity contribution in [2.75, 3.05) is 26.2 Å². The predicted octanol–water partition coefficient (Wildman–Crippen LogP) is 4.19. The summed E-state index contributed by atoms with van der Waals surface area (Å²) < 4.78 is 15.3. The lowest BCUT2D eigenvalue weighted by Gasteiger charge is -2.23. The summed E-state index contributed by atoms with van der Waals surface area (Å²) in [6.07, 6.45) is 0. The topological polar surface area (TPSA) is 115 Å². The third kappa shape index (κ3) is 4.20. The van der Waals surface area contributed by atoms with Crippen LogP contribution in [0, 0.1) is 13.8 Å². The molecule has 0 bridgehead atoms. The zero-order valence-electron chi connectivity index (χ0n) is 20.3. The van der Waals surface area contributed by atoms with E-state index in [-0.39, 0.29) is 21.3 Å². The molecule has 2 heterocycles. The van der Waals surface area contributed by atoms with Gasteiger partial charge in [-0.15, -0.1) is 0 Å². The summed E-state index contributed by atoms with van der Waals surface area (Å²) in [4.78, 5) is 44.6. The number of aromatic nitrogens is 1. The zero-order chi connectivity index (χ0) is 26.1. The van der Waals surface area contributed by atoms with Crippen LogP contribution in [0.15, 0.2) is 48.0 Å². The Morgan fingerprint density at radius 1 is 1.03 bits per heavy atom. The van der Waals surface area contributed by atoms with E-state index in [9.17, 15) is 19.5 Å². The van der Waals surface area contributed by atoms with Crippen LogP contribution in [0.1, 0.15) is 38.1 Å². The molecule has 1 aromatic heterocycles. The number of anilines is 1. The van der Waals surface area contributed by atoms with Crippen molar-refractivity contribution < 1.29 is 33.7 Å². The van der Waals surface area contributed by atoms with E-state index in [1.807, 2.05) is 6.92 Å². The van der Waals surface area contributed by atoms with Gasteiger partial charge in [0.1, 0.15) is 22.1 Å². The molecule has 0 unspecified atom stereocenters. The van der Waals surface area contributed by atoms with E-state index in [0.29, 0.717) is 28.3 Å². The smallest absolute Gasteiger partial charge is 0.350 e. The maximum atomic E-state index is 13.3. The summed E-state index contributed by atoms with van der Waals surface area (Å²) in [7, 11) is 4.32. The van der Waals surface area contributed by atoms with Gasteiger partial charge >= 0.3 is 11.9 Å². The molecular formula is C26H24N2O7S. The van der Waals surface area contributed by atoms with E-state index in [4.69, 9.17) is 14.2 Å². The fourth-order valence-corrected chi connectivity index (χ4v) is 5.09. The molecule has 1 N–H and O–H groups in total. The van der Waals surface area contributed by atoms with Crippen LogP contribution in [0.3, 0.4) is 0 Å². The van der Waals surface area contributed by atoms with Gasteiger partial charge in [-0.25, -0.2) is 9.78 Å². The van der Waals surface area contributed by atoms with E-state index in [1.54, 1.807) is 49.4 Å². The van der Waals surface area contributed by atoms with Gasteiger partial charge in [0, 0.05) is 5.56 Å². The molecule has 0 aliphatic carbocycles. The number of carbonyl (C=O) groups is 3. The quantitative estimate of drug-likeness (QED) is 0.228. The van der Waals surface area contributed by atoms with Gasteiger partial charge in [-0.05, 0) is 55.3 Å². The Kier molecular flexibility index (Phi) is 6.80. The Bertz CT molecular complexity index is 1390. The summed E-state index contributed by atoms with van der Waals surface area (Å²) in [6, 6.07) is 10.8. The van der Waals surface area contributed by atoms with Gasteiger partial charge in [0.2, 0.25) is 0 Å². The molecule has 4 rings (SSSR count). The Hall–Kier alpha value is -4.18. The van der Waals surface area contributed by atoms with Crippen LogP contribution in [0.4, 0.5) is 5.13 Å². The number of amides is 1. The lowest BCUT2D eigenvalue weighted by Crippen LogP contribution is -2.29. The third-order valence-corrected chi connectivity index (χ3v) is 7.04. The summed E-state index contributed by atoms with van der Waals surface area (Å²) in [6.45, 7) is 3.42. The van der Waals surface area contributed by atoms with Gasteiger partial charge in [-0.3, -0.25) is 14.5 Å². The van der Waals surface area contributed by atoms with Crippen molar-refractivity contribution in [1.82, 2.24) is 4.98 Å². The van der Waals surface area contributed by atoms with Crippen molar-refractivity contribution in [3.63, 3.8) is 0 Å². The number of rotatable bonds is 6. The maximum absolute atomic E-state index is 13.3. The molecular weight excluding hydrogens is 484 g/mol. The number of esters is 1. The molecule has 1 fully saturated rings. The number of aliphatic hydroxyl groups excluding tert-OH is 1. The molecule has 10 heteroatoms. The van der Waals surface area contributed by atoms with Gasteiger partial charge in [-0.2, -0.15) is 0 Å². The molecule has 9 nitrogen and oxygen atoms in total. The Labute approximate surface area is 211 Å². The molecule has 1 aliphatic heterocycles. The number of nitrogens with zero attached hydrogens (tertiary/aromatic N) is 2. The second kappa shape index (κ2) is 9.82. The molecule has 0 radical (unpaired) electrons. The largest absolute Gasteiger partial charge is 0.507 e. The number of hydrogen-bond donors (Lipinski definition) is 1. The highest BCUT2D eigenvalue weighted by molar-refractivity contribution is 7.17. The van der Waals surface area contributed by atoms with Crippen molar-refractivity contribution in [2.45, 2.75) is 19.9 Å². The highest BCUT2D eigenvalue weighted by Crippen LogP contribution is 2.44. The molecule has 3 aromatic rings. The van der Waals surface area contributed by atoms with Gasteiger partial charge < -0.3 is 19.3 Å². The van der Waals surface area contributed by atoms with Crippen molar-refractivity contribution >= 4 is 39.9 Å². The fourth-order valence-electron chi connectivity index (χ4n) is 4.08. The molecule has 0 saturated carbocycles. The number of Topliss-reactive ketones (excluding diaryl/α,β-unsaturated/α-hetero) is 1. The van der Waals surface area contributed by atoms with Gasteiger partial charge in [0.15, 0.2) is 5.13 Å². The van der Waals surface area contributed by atoms with Crippen molar-refractivity contribution in [1.29, 1.82) is 0 Å². The minimum absolute atomic E-state index is 0.0952. The number of hydrogen-bond acceptors (Lipinski definition) is 9. The minimum Gasteiger partial charge on any atom is -0.507 e. The number of aliphatic hydroxyl groups is 1. The Morgan fingerprint density at radius 2 is 1.72 bits per heavy atom. The lowest BCUT2D eigenvalue weighted by atomic mass is 9.95. The van der Waals surface area contributed by atoms with Gasteiger partial charge in [-0.1, -0.05) is 23.5 Å². The van der Waals surface area contributed by atoms with Gasteiger partial charge in [0.05, 0.1) is 38.6 Å². The molecule has 1 atom stereocenters. The van der Waals surface area contributed by atoms with Crippen LogP contribution in [-0.4, -0.2) is 49.1 Å². The molecule has 1 amide bonds. The van der Waals surface area contributed by atoms with Crippen LogP contribution in [0.2, 0.25) is 0 Å². The highest BCUT2D eigenvalue weighted by atomic mass is 32.1. The SMILES string of the molecule is COC(=O)c1sc(N2C(=O)C(=O)C(=C(O)c3ccc(OC)c(C)c3)[C@@H]2c2ccc(OC)cc2)nc1C. The maximum Gasteiger partial charge on any atom is 0.350 e. The Balaban J connectivity index is 1.93. The molecule has 2 aromatic carbocycles. The second-order valence-electron chi connectivity index (χ2n) is 8.03. The van der Waals surface area contributed by atoms with Crippen LogP contribution >= 0.6 is 11.3 Å². The minimum atomic E-state index is -0.991. The van der Waals surface area contributed by atoms with Crippen molar-refractivity contribution in [3.05, 3.63) is 75.3 Å². The number of benzene rings is 2. The van der Waals surface area contributed by atoms with Gasteiger partial charge in [0.25, 0.3) is 5.78 Å². The molecule has 1 saturated heterocycles. The first-order chi connectivity index (χ1) is 17.2. The van der Waals surface area contributed by atoms with Crippen LogP contribution < -0.4 is 14.4 Å². The first-order valence-electron chi connectivity index (χ1n) is 10.9. The fraction of sp³-hybridized carbons (Fsp3) is 0.231. The average molecular weight is 509 g/mol. The summed E-state index contributed by atoms with van der Waals surface area (Å²) >= 11 is 0.940. The first-order valence-corrected chi connectivity index (χ1v) is 11.7. The highest BCUT2D eigenvalue weighted by Gasteiger charge is 2.48. The summed E-state index contributed by atoms with van der Waals surface area (Å²) in [5.41, 5.74) is 1.92. The van der Waals surface area contributed by atoms with Crippen molar-refractivity contribution in [2.24, 2.45) is 0 Å². The number of aryl methyl sites for hydroxylation is 2. The third-order valence-electron chi connectivity index (χ3n) is 5.91. The molecule has 186 valence electrons. The van der Waals surface area contributed by atoms with E-state index >= 15 is 0 Å². The van der Waals surface area contributed by atoms with E-state index in [2.05, 4.69) is 4.98 Å². The van der Waals surface area contributed by atoms with Crippen LogP contribution in [0.25, 0.3) is 5.76 Å². The molecule has 0 spiro atoms. The number of carbonyl (C=O) groups excluding carboxylic acids is 3. The second-order valence-corrected chi connectivity index (χ2v) is 9.01. The van der Waals surface area contributed by atoms with E-state index in [0.717, 1.165) is 16.9 Å². The summed E-state index contributed by atoms with van der Waals surface area (Å²) in [5.74, 6) is -1.46. The predicted molar refractivity (Wildman–Crippen MR) is 134 cm³/mol. The standard InChI is InChI=1S/C26H24N2O7S/c1-13-12-16(8-11-18(13)34-4)21(29)19-20(15-6-9-17(33-3)10-7-15)28(24(31)22(19)30)26-27-14(2)23(36-26)25(32)35-5/h6-12,20,29H,1-5H3/t20-/m0/s1. The molecule has 36 heavy (non-hydrogen) atoms. The Morgan fingerprint density at radius 3 is 2.31 bits per heavy atom. The van der Waals surface area contributed by atoms with Crippen molar-refractivity contribution in [3.8, 4) is 11.5 Å². The lowest BCUT2D eigenvalue weighted by molar-refractivity contribution is -0.132. The van der Waals surface area contributed by atoms with Crippen LogP contribution in [-0.2, 0) is 14.3 Å². The monoisotopic (exact) mass is 508 g/mol. The summed E-state index contributed by atoms with van der Waals surface area (Å²) in [5, 5.41) is 11.4. The van der Waals surface area contributed by atoms with Crippen LogP contribution in [0.5, 0.6) is 11.5 Å². The normalized spacial score (nSPS) is 16.8. The van der Waals surface area contributed by atoms with E-state index in [1.165, 1.54) is 26.2 Å². The number of thiazole rings is 1. The first kappa shape index (κ1) is 24.9.